The van der Waals surface area contributed by atoms with Crippen LogP contribution < -0.4 is 5.32 Å². The molecule has 3 fully saturated rings. The Morgan fingerprint density at radius 1 is 1.19 bits per heavy atom. The highest BCUT2D eigenvalue weighted by molar-refractivity contribution is 6.00. The first-order chi connectivity index (χ1) is 9.94. The Kier molecular flexibility index (Phi) is 3.53. The van der Waals surface area contributed by atoms with E-state index in [-0.39, 0.29) is 23.3 Å². The van der Waals surface area contributed by atoms with E-state index in [1.165, 1.54) is 12.8 Å². The fourth-order valence-electron chi connectivity index (χ4n) is 4.25. The topological polar surface area (TPSA) is 49.4 Å². The Labute approximate surface area is 127 Å². The largest absolute Gasteiger partial charge is 0.340 e. The zero-order valence-electron chi connectivity index (χ0n) is 13.6. The van der Waals surface area contributed by atoms with Crippen molar-refractivity contribution in [3.63, 3.8) is 0 Å². The average molecular weight is 292 g/mol. The lowest BCUT2D eigenvalue weighted by Crippen LogP contribution is -2.70. The summed E-state index contributed by atoms with van der Waals surface area (Å²) in [5.41, 5.74) is -0.309. The maximum absolute atomic E-state index is 13.1. The molecular weight excluding hydrogens is 264 g/mol. The summed E-state index contributed by atoms with van der Waals surface area (Å²) in [5.74, 6) is 0.837. The van der Waals surface area contributed by atoms with E-state index in [9.17, 15) is 9.59 Å². The highest BCUT2D eigenvalue weighted by Crippen LogP contribution is 2.53. The van der Waals surface area contributed by atoms with Gasteiger partial charge in [-0.05, 0) is 43.4 Å². The van der Waals surface area contributed by atoms with Gasteiger partial charge >= 0.3 is 0 Å². The molecule has 2 amide bonds. The number of nitrogens with one attached hydrogen (secondary N) is 1. The Morgan fingerprint density at radius 3 is 2.29 bits per heavy atom. The molecule has 1 heterocycles. The molecule has 21 heavy (non-hydrogen) atoms. The molecule has 0 radical (unpaired) electrons. The van der Waals surface area contributed by atoms with Crippen LogP contribution in [-0.4, -0.2) is 34.8 Å². The summed E-state index contributed by atoms with van der Waals surface area (Å²) in [5, 5.41) is 3.08. The summed E-state index contributed by atoms with van der Waals surface area (Å²) < 4.78 is 0. The third kappa shape index (κ3) is 2.27. The molecule has 1 atom stereocenters. The fourth-order valence-corrected chi connectivity index (χ4v) is 4.25. The Balaban J connectivity index is 1.86. The molecule has 4 nitrogen and oxygen atoms in total. The van der Waals surface area contributed by atoms with Gasteiger partial charge in [0.2, 0.25) is 11.8 Å². The van der Waals surface area contributed by atoms with Crippen LogP contribution >= 0.6 is 0 Å². The molecule has 1 saturated heterocycles. The van der Waals surface area contributed by atoms with Gasteiger partial charge in [-0.3, -0.25) is 9.59 Å². The van der Waals surface area contributed by atoms with Crippen LogP contribution in [0.5, 0.6) is 0 Å². The minimum atomic E-state index is -0.574. The van der Waals surface area contributed by atoms with Crippen molar-refractivity contribution in [2.24, 2.45) is 11.3 Å². The summed E-state index contributed by atoms with van der Waals surface area (Å²) in [4.78, 5) is 27.6. The molecular formula is C17H28N2O2. The molecule has 1 aliphatic heterocycles. The van der Waals surface area contributed by atoms with E-state index >= 15 is 0 Å². The highest BCUT2D eigenvalue weighted by atomic mass is 16.2. The van der Waals surface area contributed by atoms with Gasteiger partial charge in [0, 0.05) is 6.54 Å². The van der Waals surface area contributed by atoms with E-state index in [0.29, 0.717) is 12.3 Å². The first-order valence-electron chi connectivity index (χ1n) is 8.57. The predicted octanol–water partition coefficient (Wildman–Crippen LogP) is 2.47. The standard InChI is InChI=1S/C17H28N2O2/c1-4-13-14(20)18-17(7-5-6-8-17)15(21)19(13)11-16(9-10-16)12(2)3/h12-13H,4-11H2,1-3H3,(H,18,20). The SMILES string of the molecule is CCC1C(=O)NC2(CCCC2)C(=O)N1CC1(C(C)C)CC1. The van der Waals surface area contributed by atoms with E-state index in [0.717, 1.165) is 32.2 Å². The number of carbonyl (C=O) groups excluding carboxylic acids is 2. The molecule has 1 N–H and O–H groups in total. The molecule has 2 aliphatic carbocycles. The molecule has 0 aromatic rings. The van der Waals surface area contributed by atoms with E-state index in [2.05, 4.69) is 19.2 Å². The molecule has 3 rings (SSSR count). The van der Waals surface area contributed by atoms with Crippen molar-refractivity contribution in [3.8, 4) is 0 Å². The Bertz CT molecular complexity index is 448. The molecule has 1 spiro atoms. The van der Waals surface area contributed by atoms with Crippen molar-refractivity contribution < 1.29 is 9.59 Å². The van der Waals surface area contributed by atoms with E-state index in [4.69, 9.17) is 0 Å². The zero-order chi connectivity index (χ0) is 15.3. The fraction of sp³-hybridized carbons (Fsp3) is 0.882. The lowest BCUT2D eigenvalue weighted by Gasteiger charge is -2.46. The van der Waals surface area contributed by atoms with E-state index in [1.807, 2.05) is 11.8 Å². The van der Waals surface area contributed by atoms with Crippen molar-refractivity contribution in [1.29, 1.82) is 0 Å². The van der Waals surface area contributed by atoms with Gasteiger partial charge in [0.15, 0.2) is 0 Å². The maximum Gasteiger partial charge on any atom is 0.249 e. The van der Waals surface area contributed by atoms with Gasteiger partial charge in [-0.2, -0.15) is 0 Å². The van der Waals surface area contributed by atoms with Crippen LogP contribution in [0, 0.1) is 11.3 Å². The lowest BCUT2D eigenvalue weighted by molar-refractivity contribution is -0.156. The zero-order valence-corrected chi connectivity index (χ0v) is 13.6. The smallest absolute Gasteiger partial charge is 0.249 e. The first-order valence-corrected chi connectivity index (χ1v) is 8.57. The Morgan fingerprint density at radius 2 is 1.81 bits per heavy atom. The molecule has 2 saturated carbocycles. The summed E-state index contributed by atoms with van der Waals surface area (Å²) >= 11 is 0. The minimum absolute atomic E-state index is 0.0681. The second kappa shape index (κ2) is 4.99. The molecule has 4 heteroatoms. The lowest BCUT2D eigenvalue weighted by atomic mass is 9.86. The number of piperazine rings is 1. The third-order valence-electron chi connectivity index (χ3n) is 6.16. The second-order valence-electron chi connectivity index (χ2n) is 7.65. The van der Waals surface area contributed by atoms with Crippen molar-refractivity contribution in [2.45, 2.75) is 77.3 Å². The van der Waals surface area contributed by atoms with Gasteiger partial charge in [0.25, 0.3) is 0 Å². The molecule has 1 unspecified atom stereocenters. The molecule has 0 aromatic carbocycles. The quantitative estimate of drug-likeness (QED) is 0.865. The number of carbonyl (C=O) groups is 2. The molecule has 3 aliphatic rings. The number of nitrogens with zero attached hydrogens (tertiary/aromatic N) is 1. The monoisotopic (exact) mass is 292 g/mol. The van der Waals surface area contributed by atoms with Crippen LogP contribution in [0.4, 0.5) is 0 Å². The van der Waals surface area contributed by atoms with Crippen LogP contribution in [0.1, 0.15) is 65.7 Å². The number of hydrogen-bond acceptors (Lipinski definition) is 2. The van der Waals surface area contributed by atoms with Gasteiger partial charge in [-0.1, -0.05) is 33.6 Å². The van der Waals surface area contributed by atoms with Crippen LogP contribution in [0.3, 0.4) is 0 Å². The van der Waals surface area contributed by atoms with Crippen LogP contribution in [0.2, 0.25) is 0 Å². The van der Waals surface area contributed by atoms with Crippen molar-refractivity contribution in [2.75, 3.05) is 6.54 Å². The minimum Gasteiger partial charge on any atom is -0.340 e. The molecule has 0 bridgehead atoms. The van der Waals surface area contributed by atoms with Gasteiger partial charge < -0.3 is 10.2 Å². The van der Waals surface area contributed by atoms with Crippen LogP contribution in [0.15, 0.2) is 0 Å². The van der Waals surface area contributed by atoms with E-state index in [1.54, 1.807) is 0 Å². The number of rotatable bonds is 4. The second-order valence-corrected chi connectivity index (χ2v) is 7.65. The van der Waals surface area contributed by atoms with Crippen molar-refractivity contribution in [1.82, 2.24) is 10.2 Å². The van der Waals surface area contributed by atoms with Crippen LogP contribution in [-0.2, 0) is 9.59 Å². The van der Waals surface area contributed by atoms with Gasteiger partial charge in [0.1, 0.15) is 11.6 Å². The Hall–Kier alpha value is -1.06. The van der Waals surface area contributed by atoms with Gasteiger partial charge in [-0.15, -0.1) is 0 Å². The number of hydrogen-bond donors (Lipinski definition) is 1. The van der Waals surface area contributed by atoms with Crippen molar-refractivity contribution >= 4 is 11.8 Å². The van der Waals surface area contributed by atoms with Crippen molar-refractivity contribution in [3.05, 3.63) is 0 Å². The summed E-state index contributed by atoms with van der Waals surface area (Å²) in [6.07, 6.45) is 6.83. The normalized spacial score (nSPS) is 30.1. The number of amides is 2. The molecule has 118 valence electrons. The van der Waals surface area contributed by atoms with Gasteiger partial charge in [0.05, 0.1) is 0 Å². The van der Waals surface area contributed by atoms with E-state index < -0.39 is 5.54 Å². The average Bonchev–Trinajstić information content (AvgIpc) is 3.09. The predicted molar refractivity (Wildman–Crippen MR) is 81.6 cm³/mol. The van der Waals surface area contributed by atoms with Crippen LogP contribution in [0.25, 0.3) is 0 Å². The summed E-state index contributed by atoms with van der Waals surface area (Å²) in [7, 11) is 0. The first kappa shape index (κ1) is 14.9. The highest BCUT2D eigenvalue weighted by Gasteiger charge is 2.55. The summed E-state index contributed by atoms with van der Waals surface area (Å²) in [6.45, 7) is 7.27. The van der Waals surface area contributed by atoms with Gasteiger partial charge in [-0.25, -0.2) is 0 Å². The third-order valence-corrected chi connectivity index (χ3v) is 6.16. The summed E-state index contributed by atoms with van der Waals surface area (Å²) in [6, 6.07) is -0.264. The molecule has 0 aromatic heterocycles. The maximum atomic E-state index is 13.1.